The van der Waals surface area contributed by atoms with Crippen molar-refractivity contribution in [2.75, 3.05) is 26.2 Å². The van der Waals surface area contributed by atoms with E-state index in [4.69, 9.17) is 12.2 Å². The molecule has 3 heterocycles. The van der Waals surface area contributed by atoms with E-state index in [0.717, 1.165) is 3.79 Å². The molecule has 0 radical (unpaired) electrons. The third-order valence-electron chi connectivity index (χ3n) is 4.08. The largest absolute Gasteiger partial charge is 0.282 e. The van der Waals surface area contributed by atoms with Crippen LogP contribution in [0.4, 0.5) is 0 Å². The highest BCUT2D eigenvalue weighted by atomic mass is 79.9. The fourth-order valence-electron chi connectivity index (χ4n) is 2.65. The molecule has 1 saturated heterocycles. The lowest BCUT2D eigenvalue weighted by Gasteiger charge is -2.33. The molecule has 0 aliphatic carbocycles. The van der Waals surface area contributed by atoms with Crippen molar-refractivity contribution in [1.29, 1.82) is 0 Å². The predicted molar refractivity (Wildman–Crippen MR) is 106 cm³/mol. The van der Waals surface area contributed by atoms with E-state index < -0.39 is 10.0 Å². The van der Waals surface area contributed by atoms with Crippen LogP contribution in [0.2, 0.25) is 0 Å². The molecular weight excluding hydrogens is 460 g/mol. The first kappa shape index (κ1) is 20.1. The van der Waals surface area contributed by atoms with Gasteiger partial charge in [0.05, 0.1) is 16.0 Å². The van der Waals surface area contributed by atoms with Gasteiger partial charge >= 0.3 is 0 Å². The highest BCUT2D eigenvalue weighted by molar-refractivity contribution is 9.11. The molecule has 0 amide bonds. The number of thiophene rings is 1. The van der Waals surface area contributed by atoms with Crippen LogP contribution in [0, 0.1) is 4.77 Å². The van der Waals surface area contributed by atoms with Gasteiger partial charge in [0.2, 0.25) is 4.77 Å². The highest BCUT2D eigenvalue weighted by Gasteiger charge is 2.30. The van der Waals surface area contributed by atoms with Crippen LogP contribution in [-0.4, -0.2) is 63.6 Å². The van der Waals surface area contributed by atoms with Gasteiger partial charge in [0.25, 0.3) is 10.0 Å². The number of hydrogen-bond acceptors (Lipinski definition) is 7. The molecule has 144 valence electrons. The van der Waals surface area contributed by atoms with Gasteiger partial charge in [-0.2, -0.15) is 4.31 Å². The summed E-state index contributed by atoms with van der Waals surface area (Å²) in [6, 6.07) is 3.40. The molecule has 0 aromatic carbocycles. The first-order valence-corrected chi connectivity index (χ1v) is 11.6. The third kappa shape index (κ3) is 4.09. The first-order valence-electron chi connectivity index (χ1n) is 8.10. The zero-order valence-electron chi connectivity index (χ0n) is 14.8. The Balaban J connectivity index is 1.65. The summed E-state index contributed by atoms with van der Waals surface area (Å²) in [5, 5.41) is 8.28. The fourth-order valence-corrected chi connectivity index (χ4v) is 6.64. The van der Waals surface area contributed by atoms with Crippen molar-refractivity contribution in [1.82, 2.24) is 29.0 Å². The molecule has 0 atom stereocenters. The topological polar surface area (TPSA) is 76.3 Å². The number of rotatable bonds is 4. The van der Waals surface area contributed by atoms with Crippen LogP contribution in [-0.2, 0) is 22.2 Å². The summed E-state index contributed by atoms with van der Waals surface area (Å²) in [6.45, 7) is 8.70. The maximum atomic E-state index is 12.7. The maximum absolute atomic E-state index is 12.7. The van der Waals surface area contributed by atoms with Crippen molar-refractivity contribution in [2.24, 2.45) is 0 Å². The molecule has 0 spiro atoms. The second-order valence-electron chi connectivity index (χ2n) is 7.07. The van der Waals surface area contributed by atoms with Gasteiger partial charge in [0, 0.05) is 26.2 Å². The van der Waals surface area contributed by atoms with E-state index in [-0.39, 0.29) is 5.54 Å². The number of hydrogen-bond donors (Lipinski definition) is 0. The van der Waals surface area contributed by atoms with Crippen molar-refractivity contribution in [2.45, 2.75) is 37.2 Å². The Morgan fingerprint density at radius 3 is 2.35 bits per heavy atom. The van der Waals surface area contributed by atoms with Crippen LogP contribution < -0.4 is 0 Å². The third-order valence-corrected chi connectivity index (χ3v) is 8.46. The monoisotopic (exact) mass is 480 g/mol. The summed E-state index contributed by atoms with van der Waals surface area (Å²) in [5.41, 5.74) is -0.225. The molecule has 26 heavy (non-hydrogen) atoms. The minimum Gasteiger partial charge on any atom is -0.282 e. The molecule has 8 nitrogen and oxygen atoms in total. The van der Waals surface area contributed by atoms with Crippen LogP contribution in [0.1, 0.15) is 20.8 Å². The minimum absolute atomic E-state index is 0.225. The molecule has 3 rings (SSSR count). The Morgan fingerprint density at radius 1 is 1.19 bits per heavy atom. The van der Waals surface area contributed by atoms with Crippen molar-refractivity contribution < 1.29 is 8.42 Å². The molecule has 1 aliphatic rings. The molecule has 0 N–H and O–H groups in total. The Bertz CT molecular complexity index is 935. The Labute approximate surface area is 170 Å². The van der Waals surface area contributed by atoms with Crippen molar-refractivity contribution >= 4 is 49.5 Å². The van der Waals surface area contributed by atoms with Gasteiger partial charge < -0.3 is 0 Å². The summed E-state index contributed by atoms with van der Waals surface area (Å²) in [7, 11) is -3.43. The molecule has 0 unspecified atom stereocenters. The summed E-state index contributed by atoms with van der Waals surface area (Å²) >= 11 is 10.0. The van der Waals surface area contributed by atoms with Gasteiger partial charge in [0.15, 0.2) is 0 Å². The lowest BCUT2D eigenvalue weighted by molar-refractivity contribution is 0.143. The van der Waals surface area contributed by atoms with E-state index in [1.54, 1.807) is 21.5 Å². The second-order valence-corrected chi connectivity index (χ2v) is 12.1. The van der Waals surface area contributed by atoms with Crippen molar-refractivity contribution in [3.8, 4) is 0 Å². The molecule has 0 bridgehead atoms. The van der Waals surface area contributed by atoms with Crippen molar-refractivity contribution in [3.63, 3.8) is 0 Å². The van der Waals surface area contributed by atoms with Crippen LogP contribution in [0.25, 0.3) is 0 Å². The quantitative estimate of drug-likeness (QED) is 0.625. The number of aromatic nitrogens is 4. The van der Waals surface area contributed by atoms with Crippen LogP contribution in [0.3, 0.4) is 0 Å². The van der Waals surface area contributed by atoms with E-state index in [2.05, 4.69) is 31.3 Å². The van der Waals surface area contributed by atoms with Crippen molar-refractivity contribution in [3.05, 3.63) is 20.7 Å². The number of sulfonamides is 1. The number of piperazine rings is 1. The molecule has 1 fully saturated rings. The Morgan fingerprint density at radius 2 is 1.85 bits per heavy atom. The van der Waals surface area contributed by atoms with E-state index in [0.29, 0.717) is 41.8 Å². The zero-order valence-corrected chi connectivity index (χ0v) is 18.8. The Kier molecular flexibility index (Phi) is 5.71. The second kappa shape index (κ2) is 7.40. The molecule has 2 aromatic rings. The minimum atomic E-state index is -3.43. The van der Waals surface area contributed by atoms with Gasteiger partial charge in [0.1, 0.15) is 4.21 Å². The molecule has 2 aromatic heterocycles. The smallest absolute Gasteiger partial charge is 0.252 e. The zero-order chi connectivity index (χ0) is 19.1. The van der Waals surface area contributed by atoms with Crippen LogP contribution in [0.5, 0.6) is 0 Å². The van der Waals surface area contributed by atoms with Gasteiger partial charge in [-0.1, -0.05) is 0 Å². The lowest BCUT2D eigenvalue weighted by Crippen LogP contribution is -2.48. The summed E-state index contributed by atoms with van der Waals surface area (Å²) in [4.78, 5) is 2.13. The van der Waals surface area contributed by atoms with E-state index in [9.17, 15) is 8.42 Å². The number of halogens is 1. The van der Waals surface area contributed by atoms with Gasteiger partial charge in [-0.3, -0.25) is 4.90 Å². The summed E-state index contributed by atoms with van der Waals surface area (Å²) in [6.07, 6.45) is 0. The maximum Gasteiger partial charge on any atom is 0.252 e. The van der Waals surface area contributed by atoms with Gasteiger partial charge in [-0.25, -0.2) is 17.8 Å². The molecule has 1 aliphatic heterocycles. The standard InChI is InChI=1S/C14H21BrN6O2S3/c1-14(2,3)21-13(24)20(16-17-21)10-18-6-8-19(9-7-18)26(22,23)12-5-4-11(15)25-12/h4-5H,6-10H2,1-3H3. The predicted octanol–water partition coefficient (Wildman–Crippen LogP) is 2.35. The van der Waals surface area contributed by atoms with E-state index >= 15 is 0 Å². The summed E-state index contributed by atoms with van der Waals surface area (Å²) < 4.78 is 32.0. The highest BCUT2D eigenvalue weighted by Crippen LogP contribution is 2.29. The average molecular weight is 481 g/mol. The summed E-state index contributed by atoms with van der Waals surface area (Å²) in [5.74, 6) is 0. The average Bonchev–Trinajstić information content (AvgIpc) is 3.15. The number of tetrazole rings is 1. The number of nitrogens with zero attached hydrogens (tertiary/aromatic N) is 6. The van der Waals surface area contributed by atoms with E-state index in [1.165, 1.54) is 15.6 Å². The molecular formula is C14H21BrN6O2S3. The first-order chi connectivity index (χ1) is 12.1. The molecule has 0 saturated carbocycles. The lowest BCUT2D eigenvalue weighted by atomic mass is 10.1. The fraction of sp³-hybridized carbons (Fsp3) is 0.643. The van der Waals surface area contributed by atoms with Gasteiger partial charge in [-0.15, -0.1) is 11.3 Å². The van der Waals surface area contributed by atoms with Gasteiger partial charge in [-0.05, 0) is 71.5 Å². The van der Waals surface area contributed by atoms with Crippen LogP contribution >= 0.6 is 39.5 Å². The SMILES string of the molecule is CC(C)(C)n1nnn(CN2CCN(S(=O)(=O)c3ccc(Br)s3)CC2)c1=S. The normalized spacial score (nSPS) is 17.7. The molecule has 12 heteroatoms. The van der Waals surface area contributed by atoms with Crippen LogP contribution in [0.15, 0.2) is 20.1 Å². The van der Waals surface area contributed by atoms with E-state index in [1.807, 2.05) is 20.8 Å². The Hall–Kier alpha value is -0.660.